The molecule has 0 aliphatic rings. The number of hydrogen-bond acceptors (Lipinski definition) is 6. The lowest BCUT2D eigenvalue weighted by atomic mass is 10.1. The van der Waals surface area contributed by atoms with E-state index in [4.69, 9.17) is 49.0 Å². The summed E-state index contributed by atoms with van der Waals surface area (Å²) < 4.78 is 15.7. The Labute approximate surface area is 207 Å². The molecular weight excluding hydrogens is 493 g/mol. The van der Waals surface area contributed by atoms with Crippen LogP contribution in [0.1, 0.15) is 39.2 Å². The van der Waals surface area contributed by atoms with Crippen LogP contribution in [0, 0.1) is 0 Å². The Bertz CT molecular complexity index is 992. The zero-order chi connectivity index (χ0) is 24.6. The molecule has 0 saturated heterocycles. The second-order valence-corrected chi connectivity index (χ2v) is 9.22. The molecule has 7 nitrogen and oxygen atoms in total. The molecule has 1 atom stereocenters. The van der Waals surface area contributed by atoms with Gasteiger partial charge in [0.25, 0.3) is 0 Å². The van der Waals surface area contributed by atoms with Gasteiger partial charge < -0.3 is 19.5 Å². The number of amides is 1. The van der Waals surface area contributed by atoms with Crippen molar-refractivity contribution in [2.45, 2.75) is 51.9 Å². The minimum absolute atomic E-state index is 0.000866. The standard InChI is InChI=1S/C23H24Cl3NO6/c1-23(2,3)33-20(28)10-9-18(27-22(30)31-13-14-7-5-4-6-8-14)21(29)32-19-12-16(25)15(24)11-17(19)26/h4-8,11-12,18H,9-10,13H2,1-3H3,(H,27,30)/t18-/m0/s1. The van der Waals surface area contributed by atoms with Crippen molar-refractivity contribution in [3.63, 3.8) is 0 Å². The predicted molar refractivity (Wildman–Crippen MR) is 126 cm³/mol. The molecule has 33 heavy (non-hydrogen) atoms. The van der Waals surface area contributed by atoms with Crippen molar-refractivity contribution in [1.29, 1.82) is 0 Å². The van der Waals surface area contributed by atoms with Gasteiger partial charge in [-0.05, 0) is 38.8 Å². The van der Waals surface area contributed by atoms with Crippen LogP contribution in [0.3, 0.4) is 0 Å². The van der Waals surface area contributed by atoms with Gasteiger partial charge in [0.05, 0.1) is 15.1 Å². The van der Waals surface area contributed by atoms with Crippen molar-refractivity contribution in [1.82, 2.24) is 5.32 Å². The number of alkyl carbamates (subject to hydrolysis) is 1. The summed E-state index contributed by atoms with van der Waals surface area (Å²) in [6, 6.07) is 10.4. The van der Waals surface area contributed by atoms with Crippen molar-refractivity contribution >= 4 is 52.8 Å². The number of carbonyl (C=O) groups is 3. The third-order valence-corrected chi connectivity index (χ3v) is 5.05. The van der Waals surface area contributed by atoms with Crippen molar-refractivity contribution in [3.05, 3.63) is 63.1 Å². The number of benzene rings is 2. The second kappa shape index (κ2) is 12.1. The van der Waals surface area contributed by atoms with Gasteiger partial charge in [-0.25, -0.2) is 9.59 Å². The van der Waals surface area contributed by atoms with E-state index in [0.717, 1.165) is 5.56 Å². The van der Waals surface area contributed by atoms with Crippen LogP contribution in [0.15, 0.2) is 42.5 Å². The third kappa shape index (κ3) is 9.50. The fraction of sp³-hybridized carbons (Fsp3) is 0.348. The summed E-state index contributed by atoms with van der Waals surface area (Å²) in [5.41, 5.74) is 0.0750. The minimum Gasteiger partial charge on any atom is -0.460 e. The summed E-state index contributed by atoms with van der Waals surface area (Å²) in [7, 11) is 0. The molecule has 2 aromatic carbocycles. The lowest BCUT2D eigenvalue weighted by molar-refractivity contribution is -0.155. The molecule has 1 N–H and O–H groups in total. The fourth-order valence-electron chi connectivity index (χ4n) is 2.57. The Kier molecular flexibility index (Phi) is 9.83. The average Bonchev–Trinajstić information content (AvgIpc) is 2.73. The summed E-state index contributed by atoms with van der Waals surface area (Å²) in [4.78, 5) is 37.2. The molecule has 0 aromatic heterocycles. The number of nitrogens with one attached hydrogen (secondary N) is 1. The zero-order valence-corrected chi connectivity index (χ0v) is 20.6. The number of esters is 2. The van der Waals surface area contributed by atoms with Gasteiger partial charge in [0.1, 0.15) is 18.2 Å². The van der Waals surface area contributed by atoms with E-state index in [1.54, 1.807) is 45.0 Å². The molecule has 0 aliphatic heterocycles. The molecule has 0 bridgehead atoms. The molecule has 2 rings (SSSR count). The van der Waals surface area contributed by atoms with Crippen LogP contribution >= 0.6 is 34.8 Å². The van der Waals surface area contributed by atoms with Gasteiger partial charge in [0.2, 0.25) is 0 Å². The van der Waals surface area contributed by atoms with E-state index in [0.29, 0.717) is 0 Å². The molecule has 178 valence electrons. The molecule has 0 spiro atoms. The van der Waals surface area contributed by atoms with E-state index in [1.807, 2.05) is 6.07 Å². The summed E-state index contributed by atoms with van der Waals surface area (Å²) in [6.07, 6.45) is -1.09. The Balaban J connectivity index is 2.08. The molecule has 1 amide bonds. The smallest absolute Gasteiger partial charge is 0.408 e. The van der Waals surface area contributed by atoms with E-state index in [2.05, 4.69) is 5.32 Å². The SMILES string of the molecule is CC(C)(C)OC(=O)CC[C@H](NC(=O)OCc1ccccc1)C(=O)Oc1cc(Cl)c(Cl)cc1Cl. The fourth-order valence-corrected chi connectivity index (χ4v) is 3.15. The summed E-state index contributed by atoms with van der Waals surface area (Å²) in [6.45, 7) is 5.17. The molecule has 10 heteroatoms. The summed E-state index contributed by atoms with van der Waals surface area (Å²) >= 11 is 17.9. The first-order chi connectivity index (χ1) is 15.4. The Morgan fingerprint density at radius 3 is 2.24 bits per heavy atom. The van der Waals surface area contributed by atoms with Crippen LogP contribution in [0.25, 0.3) is 0 Å². The molecule has 0 radical (unpaired) electrons. The second-order valence-electron chi connectivity index (χ2n) is 8.00. The predicted octanol–water partition coefficient (Wildman–Crippen LogP) is 5.97. The maximum absolute atomic E-state index is 12.8. The van der Waals surface area contributed by atoms with Gasteiger partial charge in [0.15, 0.2) is 5.75 Å². The van der Waals surface area contributed by atoms with E-state index < -0.39 is 29.7 Å². The van der Waals surface area contributed by atoms with Gasteiger partial charge >= 0.3 is 18.0 Å². The van der Waals surface area contributed by atoms with E-state index in [9.17, 15) is 14.4 Å². The van der Waals surface area contributed by atoms with Gasteiger partial charge in [-0.1, -0.05) is 65.1 Å². The van der Waals surface area contributed by atoms with Crippen molar-refractivity contribution in [2.75, 3.05) is 0 Å². The molecule has 0 heterocycles. The molecule has 0 aliphatic carbocycles. The number of carbonyl (C=O) groups excluding carboxylic acids is 3. The average molecular weight is 517 g/mol. The summed E-state index contributed by atoms with van der Waals surface area (Å²) in [5.74, 6) is -1.44. The maximum Gasteiger partial charge on any atom is 0.408 e. The highest BCUT2D eigenvalue weighted by Gasteiger charge is 2.27. The van der Waals surface area contributed by atoms with Crippen LogP contribution in [0.2, 0.25) is 15.1 Å². The van der Waals surface area contributed by atoms with Crippen LogP contribution < -0.4 is 10.1 Å². The number of halogens is 3. The van der Waals surface area contributed by atoms with Crippen LogP contribution in [-0.4, -0.2) is 29.7 Å². The topological polar surface area (TPSA) is 90.9 Å². The quantitative estimate of drug-likeness (QED) is 0.264. The Hall–Kier alpha value is -2.48. The zero-order valence-electron chi connectivity index (χ0n) is 18.3. The molecule has 0 saturated carbocycles. The molecule has 2 aromatic rings. The van der Waals surface area contributed by atoms with Gasteiger partial charge in [-0.2, -0.15) is 0 Å². The van der Waals surface area contributed by atoms with Gasteiger partial charge in [-0.3, -0.25) is 4.79 Å². The van der Waals surface area contributed by atoms with Crippen molar-refractivity contribution in [3.8, 4) is 5.75 Å². The lowest BCUT2D eigenvalue weighted by Gasteiger charge is -2.21. The highest BCUT2D eigenvalue weighted by Crippen LogP contribution is 2.34. The molecule has 0 fully saturated rings. The highest BCUT2D eigenvalue weighted by molar-refractivity contribution is 6.43. The minimum atomic E-state index is -1.22. The van der Waals surface area contributed by atoms with Crippen LogP contribution in [0.5, 0.6) is 5.75 Å². The Morgan fingerprint density at radius 1 is 0.970 bits per heavy atom. The van der Waals surface area contributed by atoms with Gasteiger partial charge in [0, 0.05) is 12.5 Å². The lowest BCUT2D eigenvalue weighted by Crippen LogP contribution is -2.43. The first kappa shape index (κ1) is 26.8. The number of hydrogen-bond donors (Lipinski definition) is 1. The number of ether oxygens (including phenoxy) is 3. The normalized spacial score (nSPS) is 11.9. The first-order valence-corrected chi connectivity index (χ1v) is 11.1. The Morgan fingerprint density at radius 2 is 1.61 bits per heavy atom. The molecular formula is C23H24Cl3NO6. The monoisotopic (exact) mass is 515 g/mol. The third-order valence-electron chi connectivity index (χ3n) is 4.03. The number of rotatable bonds is 8. The molecule has 0 unspecified atom stereocenters. The summed E-state index contributed by atoms with van der Waals surface area (Å²) in [5, 5.41) is 2.79. The first-order valence-electron chi connectivity index (χ1n) is 10.00. The van der Waals surface area contributed by atoms with E-state index >= 15 is 0 Å². The van der Waals surface area contributed by atoms with E-state index in [1.165, 1.54) is 12.1 Å². The maximum atomic E-state index is 12.8. The van der Waals surface area contributed by atoms with Gasteiger partial charge in [-0.15, -0.1) is 0 Å². The highest BCUT2D eigenvalue weighted by atomic mass is 35.5. The largest absolute Gasteiger partial charge is 0.460 e. The van der Waals surface area contributed by atoms with Crippen molar-refractivity contribution < 1.29 is 28.6 Å². The van der Waals surface area contributed by atoms with Crippen LogP contribution in [0.4, 0.5) is 4.79 Å². The van der Waals surface area contributed by atoms with Crippen molar-refractivity contribution in [2.24, 2.45) is 0 Å². The van der Waals surface area contributed by atoms with Crippen LogP contribution in [-0.2, 0) is 25.7 Å². The van der Waals surface area contributed by atoms with E-state index in [-0.39, 0.29) is 40.3 Å².